The number of nitrogens with one attached hydrogen (secondary N) is 1. The van der Waals surface area contributed by atoms with Gasteiger partial charge in [0, 0.05) is 18.3 Å². The zero-order valence-corrected chi connectivity index (χ0v) is 10.6. The van der Waals surface area contributed by atoms with Crippen molar-refractivity contribution < 1.29 is 18.3 Å². The van der Waals surface area contributed by atoms with Gasteiger partial charge in [-0.1, -0.05) is 0 Å². The van der Waals surface area contributed by atoms with E-state index in [9.17, 15) is 18.3 Å². The van der Waals surface area contributed by atoms with Gasteiger partial charge in [0.15, 0.2) is 5.01 Å². The smallest absolute Gasteiger partial charge is 0.386 e. The molecule has 0 spiro atoms. The maximum atomic E-state index is 12.3. The molecule has 1 unspecified atom stereocenters. The molecule has 0 aromatic carbocycles. The van der Waals surface area contributed by atoms with Gasteiger partial charge < -0.3 is 10.4 Å². The zero-order chi connectivity index (χ0) is 13.3. The molecule has 1 aromatic heterocycles. The first-order valence-corrected chi connectivity index (χ1v) is 5.87. The molecule has 7 heteroatoms. The first kappa shape index (κ1) is 14.4. The van der Waals surface area contributed by atoms with E-state index in [1.54, 1.807) is 0 Å². The molecule has 0 bridgehead atoms. The molecule has 0 aliphatic rings. The molecule has 17 heavy (non-hydrogen) atoms. The van der Waals surface area contributed by atoms with Gasteiger partial charge in [0.25, 0.3) is 0 Å². The summed E-state index contributed by atoms with van der Waals surface area (Å²) in [7, 11) is 0. The van der Waals surface area contributed by atoms with E-state index in [2.05, 4.69) is 10.3 Å². The summed E-state index contributed by atoms with van der Waals surface area (Å²) in [5, 5.41) is 11.8. The summed E-state index contributed by atoms with van der Waals surface area (Å²) in [4.78, 5) is 3.48. The van der Waals surface area contributed by atoms with Crippen LogP contribution in [0.15, 0.2) is 6.20 Å². The lowest BCUT2D eigenvalue weighted by Crippen LogP contribution is -2.38. The molecule has 2 N–H and O–H groups in total. The zero-order valence-electron chi connectivity index (χ0n) is 9.80. The summed E-state index contributed by atoms with van der Waals surface area (Å²) in [6.07, 6.45) is -4.34. The second-order valence-corrected chi connectivity index (χ2v) is 5.77. The lowest BCUT2D eigenvalue weighted by atomic mass is 10.1. The topological polar surface area (TPSA) is 45.1 Å². The van der Waals surface area contributed by atoms with Crippen LogP contribution in [0.25, 0.3) is 0 Å². The SMILES string of the molecule is CC(C)(C)NCC(O)c1cnc(C(F)(F)F)s1. The minimum absolute atomic E-state index is 0.196. The fourth-order valence-electron chi connectivity index (χ4n) is 1.08. The minimum atomic E-state index is -4.44. The minimum Gasteiger partial charge on any atom is -0.386 e. The van der Waals surface area contributed by atoms with Crippen LogP contribution in [0.3, 0.4) is 0 Å². The van der Waals surface area contributed by atoms with Gasteiger partial charge in [-0.2, -0.15) is 13.2 Å². The highest BCUT2D eigenvalue weighted by Crippen LogP contribution is 2.34. The quantitative estimate of drug-likeness (QED) is 0.885. The maximum absolute atomic E-state index is 12.3. The van der Waals surface area contributed by atoms with E-state index in [1.165, 1.54) is 0 Å². The average molecular weight is 268 g/mol. The van der Waals surface area contributed by atoms with Crippen molar-refractivity contribution in [1.82, 2.24) is 10.3 Å². The van der Waals surface area contributed by atoms with Crippen LogP contribution in [0.2, 0.25) is 0 Å². The number of hydrogen-bond donors (Lipinski definition) is 2. The number of halogens is 3. The predicted molar refractivity (Wildman–Crippen MR) is 59.8 cm³/mol. The van der Waals surface area contributed by atoms with Crippen molar-refractivity contribution in [3.8, 4) is 0 Å². The van der Waals surface area contributed by atoms with Crippen molar-refractivity contribution in [2.24, 2.45) is 0 Å². The monoisotopic (exact) mass is 268 g/mol. The van der Waals surface area contributed by atoms with Crippen LogP contribution in [-0.2, 0) is 6.18 Å². The summed E-state index contributed by atoms with van der Waals surface area (Å²) in [5.74, 6) is 0. The van der Waals surface area contributed by atoms with Crippen LogP contribution < -0.4 is 5.32 Å². The molecule has 0 aliphatic carbocycles. The molecule has 98 valence electrons. The van der Waals surface area contributed by atoms with Gasteiger partial charge in [-0.05, 0) is 20.8 Å². The molecular formula is C10H15F3N2OS. The molecule has 1 heterocycles. The lowest BCUT2D eigenvalue weighted by molar-refractivity contribution is -0.137. The number of alkyl halides is 3. The third kappa shape index (κ3) is 4.61. The Labute approximate surface area is 102 Å². The molecule has 1 rings (SSSR count). The molecule has 3 nitrogen and oxygen atoms in total. The van der Waals surface area contributed by atoms with Crippen LogP contribution in [0.1, 0.15) is 36.8 Å². The summed E-state index contributed by atoms with van der Waals surface area (Å²) in [6, 6.07) is 0. The van der Waals surface area contributed by atoms with Gasteiger partial charge in [-0.3, -0.25) is 0 Å². The van der Waals surface area contributed by atoms with E-state index in [-0.39, 0.29) is 17.0 Å². The molecule has 0 saturated heterocycles. The number of rotatable bonds is 3. The highest BCUT2D eigenvalue weighted by atomic mass is 32.1. The Morgan fingerprint density at radius 2 is 2.00 bits per heavy atom. The maximum Gasteiger partial charge on any atom is 0.443 e. The second kappa shape index (κ2) is 4.91. The number of hydrogen-bond acceptors (Lipinski definition) is 4. The van der Waals surface area contributed by atoms with E-state index in [1.807, 2.05) is 20.8 Å². The third-order valence-electron chi connectivity index (χ3n) is 1.92. The molecule has 1 aromatic rings. The van der Waals surface area contributed by atoms with Gasteiger partial charge in [0.05, 0.1) is 4.88 Å². The highest BCUT2D eigenvalue weighted by Gasteiger charge is 2.35. The summed E-state index contributed by atoms with van der Waals surface area (Å²) >= 11 is 0.472. The van der Waals surface area contributed by atoms with Crippen molar-refractivity contribution in [1.29, 1.82) is 0 Å². The third-order valence-corrected chi connectivity index (χ3v) is 3.06. The van der Waals surface area contributed by atoms with Gasteiger partial charge in [0.2, 0.25) is 0 Å². The number of aliphatic hydroxyl groups excluding tert-OH is 1. The van der Waals surface area contributed by atoms with Crippen LogP contribution in [0.5, 0.6) is 0 Å². The number of β-amino-alcohol motifs (C(OH)–C–C–N with tert-alkyl or cyclic N) is 1. The number of thiazole rings is 1. The van der Waals surface area contributed by atoms with Gasteiger partial charge in [-0.15, -0.1) is 11.3 Å². The summed E-state index contributed by atoms with van der Waals surface area (Å²) in [5.41, 5.74) is -0.196. The predicted octanol–water partition coefficient (Wildman–Crippen LogP) is 2.58. The summed E-state index contributed by atoms with van der Waals surface area (Å²) < 4.78 is 36.9. The molecule has 0 aliphatic heterocycles. The van der Waals surface area contributed by atoms with Crippen LogP contribution >= 0.6 is 11.3 Å². The Bertz CT molecular complexity index is 370. The van der Waals surface area contributed by atoms with Crippen molar-refractivity contribution in [3.05, 3.63) is 16.1 Å². The van der Waals surface area contributed by atoms with E-state index < -0.39 is 17.3 Å². The van der Waals surface area contributed by atoms with Crippen molar-refractivity contribution in [2.75, 3.05) is 6.54 Å². The molecule has 0 fully saturated rings. The van der Waals surface area contributed by atoms with Crippen molar-refractivity contribution in [2.45, 2.75) is 38.6 Å². The van der Waals surface area contributed by atoms with Crippen molar-refractivity contribution >= 4 is 11.3 Å². The Balaban J connectivity index is 2.64. The molecule has 0 radical (unpaired) electrons. The van der Waals surface area contributed by atoms with Gasteiger partial charge in [0.1, 0.15) is 6.10 Å². The Hall–Kier alpha value is -0.660. The first-order chi connectivity index (χ1) is 7.59. The largest absolute Gasteiger partial charge is 0.443 e. The number of nitrogens with zero attached hydrogens (tertiary/aromatic N) is 1. The Morgan fingerprint density at radius 3 is 2.41 bits per heavy atom. The highest BCUT2D eigenvalue weighted by molar-refractivity contribution is 7.11. The van der Waals surface area contributed by atoms with Crippen LogP contribution in [0, 0.1) is 0 Å². The molecule has 1 atom stereocenters. The van der Waals surface area contributed by atoms with E-state index in [0.717, 1.165) is 6.20 Å². The standard InChI is InChI=1S/C10H15F3N2OS/c1-9(2,3)15-4-6(16)7-5-14-8(17-7)10(11,12)13/h5-6,15-16H,4H2,1-3H3. The fraction of sp³-hybridized carbons (Fsp3) is 0.700. The van der Waals surface area contributed by atoms with E-state index >= 15 is 0 Å². The number of aliphatic hydroxyl groups is 1. The molecule has 0 saturated carbocycles. The average Bonchev–Trinajstić information content (AvgIpc) is 2.60. The molecular weight excluding hydrogens is 253 g/mol. The normalized spacial score (nSPS) is 15.0. The first-order valence-electron chi connectivity index (χ1n) is 5.05. The Kier molecular flexibility index (Phi) is 4.16. The van der Waals surface area contributed by atoms with E-state index in [4.69, 9.17) is 0 Å². The van der Waals surface area contributed by atoms with Crippen molar-refractivity contribution in [3.63, 3.8) is 0 Å². The van der Waals surface area contributed by atoms with Crippen LogP contribution in [-0.4, -0.2) is 22.2 Å². The van der Waals surface area contributed by atoms with Crippen LogP contribution in [0.4, 0.5) is 13.2 Å². The fourth-order valence-corrected chi connectivity index (χ4v) is 1.84. The van der Waals surface area contributed by atoms with Gasteiger partial charge >= 0.3 is 6.18 Å². The lowest BCUT2D eigenvalue weighted by Gasteiger charge is -2.22. The van der Waals surface area contributed by atoms with E-state index in [0.29, 0.717) is 11.3 Å². The molecule has 0 amide bonds. The second-order valence-electron chi connectivity index (χ2n) is 4.71. The summed E-state index contributed by atoms with van der Waals surface area (Å²) in [6.45, 7) is 5.93. The Morgan fingerprint density at radius 1 is 1.41 bits per heavy atom. The number of aromatic nitrogens is 1. The van der Waals surface area contributed by atoms with Gasteiger partial charge in [-0.25, -0.2) is 4.98 Å².